The van der Waals surface area contributed by atoms with Gasteiger partial charge < -0.3 is 10.0 Å². The number of carboxylic acids is 1. The normalized spacial score (nSPS) is 14.0. The van der Waals surface area contributed by atoms with Crippen molar-refractivity contribution < 1.29 is 14.7 Å². The zero-order valence-corrected chi connectivity index (χ0v) is 11.8. The van der Waals surface area contributed by atoms with E-state index in [2.05, 4.69) is 4.98 Å². The molecule has 0 aliphatic heterocycles. The lowest BCUT2D eigenvalue weighted by Gasteiger charge is -2.20. The average Bonchev–Trinajstić information content (AvgIpc) is 3.32. The van der Waals surface area contributed by atoms with Gasteiger partial charge in [-0.05, 0) is 25.0 Å². The van der Waals surface area contributed by atoms with E-state index in [0.29, 0.717) is 10.9 Å². The minimum Gasteiger partial charge on any atom is -0.480 e. The van der Waals surface area contributed by atoms with Crippen LogP contribution in [0.3, 0.4) is 0 Å². The fourth-order valence-corrected chi connectivity index (χ4v) is 2.41. The number of fused-ring (bicyclic) bond motifs is 1. The fourth-order valence-electron chi connectivity index (χ4n) is 2.41. The van der Waals surface area contributed by atoms with Gasteiger partial charge in [-0.15, -0.1) is 0 Å². The maximum Gasteiger partial charge on any atom is 0.323 e. The molecule has 7 heteroatoms. The number of carbonyl (C=O) groups is 2. The summed E-state index contributed by atoms with van der Waals surface area (Å²) in [5.41, 5.74) is 0.269. The molecule has 1 aliphatic rings. The smallest absolute Gasteiger partial charge is 0.323 e. The van der Waals surface area contributed by atoms with Crippen LogP contribution in [0.5, 0.6) is 0 Å². The van der Waals surface area contributed by atoms with Crippen molar-refractivity contribution in [1.82, 2.24) is 14.5 Å². The molecular weight excluding hydrogens is 286 g/mol. The van der Waals surface area contributed by atoms with Crippen LogP contribution >= 0.6 is 0 Å². The van der Waals surface area contributed by atoms with Crippen LogP contribution in [-0.2, 0) is 16.1 Å². The summed E-state index contributed by atoms with van der Waals surface area (Å²) >= 11 is 0. The Morgan fingerprint density at radius 1 is 1.32 bits per heavy atom. The summed E-state index contributed by atoms with van der Waals surface area (Å²) in [5.74, 6) is -1.42. The van der Waals surface area contributed by atoms with Crippen LogP contribution in [0.25, 0.3) is 10.9 Å². The minimum absolute atomic E-state index is 0.0206. The Balaban J connectivity index is 1.85. The van der Waals surface area contributed by atoms with Gasteiger partial charge in [0.05, 0.1) is 17.2 Å². The predicted molar refractivity (Wildman–Crippen MR) is 78.4 cm³/mol. The fraction of sp³-hybridized carbons (Fsp3) is 0.333. The first kappa shape index (κ1) is 14.2. The summed E-state index contributed by atoms with van der Waals surface area (Å²) in [6, 6.07) is 6.88. The van der Waals surface area contributed by atoms with E-state index in [1.54, 1.807) is 24.3 Å². The lowest BCUT2D eigenvalue weighted by atomic mass is 10.2. The molecule has 1 aromatic carbocycles. The second kappa shape index (κ2) is 5.59. The molecule has 0 atom stereocenters. The third-order valence-electron chi connectivity index (χ3n) is 3.65. The van der Waals surface area contributed by atoms with Crippen LogP contribution in [0.1, 0.15) is 12.8 Å². The molecule has 0 saturated heterocycles. The Kier molecular flexibility index (Phi) is 3.62. The lowest BCUT2D eigenvalue weighted by Crippen LogP contribution is -2.41. The molecule has 7 nitrogen and oxygen atoms in total. The van der Waals surface area contributed by atoms with E-state index >= 15 is 0 Å². The van der Waals surface area contributed by atoms with Crippen LogP contribution in [0.4, 0.5) is 0 Å². The van der Waals surface area contributed by atoms with Crippen molar-refractivity contribution in [3.63, 3.8) is 0 Å². The van der Waals surface area contributed by atoms with Crippen LogP contribution in [0, 0.1) is 0 Å². The number of hydrogen-bond donors (Lipinski definition) is 1. The Labute approximate surface area is 125 Å². The van der Waals surface area contributed by atoms with Crippen LogP contribution in [0.15, 0.2) is 35.4 Å². The topological polar surface area (TPSA) is 92.5 Å². The standard InChI is InChI=1S/C15H15N3O4/c19-13(18(8-14(20)21)10-5-6-10)7-17-9-16-12-4-2-1-3-11(12)15(17)22/h1-4,9-10H,5-8H2,(H,20,21). The highest BCUT2D eigenvalue weighted by atomic mass is 16.4. The molecule has 1 N–H and O–H groups in total. The van der Waals surface area contributed by atoms with Crippen molar-refractivity contribution >= 4 is 22.8 Å². The average molecular weight is 301 g/mol. The van der Waals surface area contributed by atoms with Gasteiger partial charge >= 0.3 is 5.97 Å². The van der Waals surface area contributed by atoms with E-state index in [1.165, 1.54) is 15.8 Å². The molecular formula is C15H15N3O4. The minimum atomic E-state index is -1.05. The number of carbonyl (C=O) groups excluding carboxylic acids is 1. The SMILES string of the molecule is O=C(O)CN(C(=O)Cn1cnc2ccccc2c1=O)C1CC1. The van der Waals surface area contributed by atoms with Gasteiger partial charge in [0.2, 0.25) is 5.91 Å². The van der Waals surface area contributed by atoms with Gasteiger partial charge in [0.1, 0.15) is 13.1 Å². The van der Waals surface area contributed by atoms with Crippen molar-refractivity contribution in [2.45, 2.75) is 25.4 Å². The number of aromatic nitrogens is 2. The van der Waals surface area contributed by atoms with Crippen molar-refractivity contribution in [2.24, 2.45) is 0 Å². The summed E-state index contributed by atoms with van der Waals surface area (Å²) < 4.78 is 1.22. The second-order valence-electron chi connectivity index (χ2n) is 5.34. The molecule has 2 aromatic rings. The number of rotatable bonds is 5. The van der Waals surface area contributed by atoms with Crippen LogP contribution in [-0.4, -0.2) is 44.0 Å². The summed E-state index contributed by atoms with van der Waals surface area (Å²) in [4.78, 5) is 41.0. The van der Waals surface area contributed by atoms with Gasteiger partial charge in [-0.2, -0.15) is 0 Å². The first-order valence-corrected chi connectivity index (χ1v) is 7.01. The highest BCUT2D eigenvalue weighted by Gasteiger charge is 2.33. The largest absolute Gasteiger partial charge is 0.480 e. The number of hydrogen-bond acceptors (Lipinski definition) is 4. The summed E-state index contributed by atoms with van der Waals surface area (Å²) in [6.07, 6.45) is 2.95. The van der Waals surface area contributed by atoms with Crippen LogP contribution < -0.4 is 5.56 Å². The molecule has 1 fully saturated rings. The van der Waals surface area contributed by atoms with Crippen molar-refractivity contribution in [1.29, 1.82) is 0 Å². The third kappa shape index (κ3) is 2.83. The van der Waals surface area contributed by atoms with Gasteiger partial charge in [-0.3, -0.25) is 19.0 Å². The molecule has 0 spiro atoms. The maximum absolute atomic E-state index is 12.3. The Bertz CT molecular complexity index is 795. The number of amides is 1. The number of nitrogens with zero attached hydrogens (tertiary/aromatic N) is 3. The Morgan fingerprint density at radius 2 is 2.05 bits per heavy atom. The van der Waals surface area contributed by atoms with E-state index in [9.17, 15) is 14.4 Å². The van der Waals surface area contributed by atoms with E-state index in [1.807, 2.05) is 0 Å². The molecule has 0 radical (unpaired) electrons. The maximum atomic E-state index is 12.3. The zero-order chi connectivity index (χ0) is 15.7. The molecule has 1 amide bonds. The van der Waals surface area contributed by atoms with Crippen LogP contribution in [0.2, 0.25) is 0 Å². The first-order chi connectivity index (χ1) is 10.6. The van der Waals surface area contributed by atoms with E-state index < -0.39 is 5.97 Å². The summed E-state index contributed by atoms with van der Waals surface area (Å²) in [7, 11) is 0. The monoisotopic (exact) mass is 301 g/mol. The molecule has 3 rings (SSSR count). The van der Waals surface area contributed by atoms with Gasteiger partial charge in [0.25, 0.3) is 5.56 Å². The van der Waals surface area contributed by atoms with Crippen molar-refractivity contribution in [2.75, 3.05) is 6.54 Å². The predicted octanol–water partition coefficient (Wildman–Crippen LogP) is 0.472. The van der Waals surface area contributed by atoms with E-state index in [0.717, 1.165) is 12.8 Å². The van der Waals surface area contributed by atoms with Gasteiger partial charge in [-0.1, -0.05) is 12.1 Å². The molecule has 1 saturated carbocycles. The summed E-state index contributed by atoms with van der Waals surface area (Å²) in [5, 5.41) is 9.34. The molecule has 0 bridgehead atoms. The molecule has 1 aromatic heterocycles. The Morgan fingerprint density at radius 3 is 2.73 bits per heavy atom. The molecule has 22 heavy (non-hydrogen) atoms. The highest BCUT2D eigenvalue weighted by molar-refractivity contribution is 5.82. The molecule has 114 valence electrons. The lowest BCUT2D eigenvalue weighted by molar-refractivity contribution is -0.145. The number of benzene rings is 1. The van der Waals surface area contributed by atoms with Gasteiger partial charge in [-0.25, -0.2) is 4.98 Å². The molecule has 1 aliphatic carbocycles. The number of para-hydroxylation sites is 1. The quantitative estimate of drug-likeness (QED) is 0.866. The first-order valence-electron chi connectivity index (χ1n) is 7.01. The molecule has 1 heterocycles. The second-order valence-corrected chi connectivity index (χ2v) is 5.34. The Hall–Kier alpha value is -2.70. The molecule has 0 unspecified atom stereocenters. The van der Waals surface area contributed by atoms with Crippen molar-refractivity contribution in [3.8, 4) is 0 Å². The summed E-state index contributed by atoms with van der Waals surface area (Å²) in [6.45, 7) is -0.528. The highest BCUT2D eigenvalue weighted by Crippen LogP contribution is 2.26. The van der Waals surface area contributed by atoms with Crippen molar-refractivity contribution in [3.05, 3.63) is 40.9 Å². The van der Waals surface area contributed by atoms with E-state index in [4.69, 9.17) is 5.11 Å². The zero-order valence-electron chi connectivity index (χ0n) is 11.8. The van der Waals surface area contributed by atoms with Gasteiger partial charge in [0, 0.05) is 6.04 Å². The van der Waals surface area contributed by atoms with Gasteiger partial charge in [0.15, 0.2) is 0 Å². The number of carboxylic acid groups (broad SMARTS) is 1. The van der Waals surface area contributed by atoms with E-state index in [-0.39, 0.29) is 30.6 Å². The number of aliphatic carboxylic acids is 1. The third-order valence-corrected chi connectivity index (χ3v) is 3.65.